The lowest BCUT2D eigenvalue weighted by atomic mass is 9.99. The summed E-state index contributed by atoms with van der Waals surface area (Å²) in [5, 5.41) is 0. The predicted molar refractivity (Wildman–Crippen MR) is 74.1 cm³/mol. The molecule has 0 radical (unpaired) electrons. The normalized spacial score (nSPS) is 10.3. The molecule has 0 atom stereocenters. The first kappa shape index (κ1) is 10.7. The minimum atomic E-state index is 1.31. The molecule has 0 spiro atoms. The molecule has 15 heavy (non-hydrogen) atoms. The van der Waals surface area contributed by atoms with E-state index in [4.69, 9.17) is 0 Å². The van der Waals surface area contributed by atoms with Gasteiger partial charge in [-0.2, -0.15) is 0 Å². The van der Waals surface area contributed by atoms with E-state index in [2.05, 4.69) is 78.9 Å². The summed E-state index contributed by atoms with van der Waals surface area (Å²) < 4.78 is 1.31. The van der Waals surface area contributed by atoms with Gasteiger partial charge in [-0.25, -0.2) is 0 Å². The summed E-state index contributed by atoms with van der Waals surface area (Å²) in [4.78, 5) is 0. The quantitative estimate of drug-likeness (QED) is 0.677. The van der Waals surface area contributed by atoms with Crippen LogP contribution < -0.4 is 0 Å². The molecule has 0 bridgehead atoms. The third-order valence-electron chi connectivity index (χ3n) is 2.56. The van der Waals surface area contributed by atoms with Gasteiger partial charge >= 0.3 is 0 Å². The number of benzene rings is 2. The number of rotatable bonds is 1. The van der Waals surface area contributed by atoms with Gasteiger partial charge in [-0.3, -0.25) is 0 Å². The molecule has 0 saturated heterocycles. The summed E-state index contributed by atoms with van der Waals surface area (Å²) in [7, 11) is 0. The summed E-state index contributed by atoms with van der Waals surface area (Å²) in [6.07, 6.45) is 0. The van der Waals surface area contributed by atoms with Gasteiger partial charge in [-0.1, -0.05) is 42.0 Å². The molecule has 0 aliphatic heterocycles. The van der Waals surface area contributed by atoms with Crippen LogP contribution in [0.15, 0.2) is 42.5 Å². The van der Waals surface area contributed by atoms with E-state index in [1.165, 1.54) is 25.8 Å². The maximum absolute atomic E-state index is 2.40. The molecule has 0 N–H and O–H groups in total. The van der Waals surface area contributed by atoms with Crippen LogP contribution in [0.1, 0.15) is 11.1 Å². The highest BCUT2D eigenvalue weighted by atomic mass is 127. The second-order valence-corrected chi connectivity index (χ2v) is 4.96. The summed E-state index contributed by atoms with van der Waals surface area (Å²) in [6, 6.07) is 15.1. The summed E-state index contributed by atoms with van der Waals surface area (Å²) in [5.74, 6) is 0. The van der Waals surface area contributed by atoms with Crippen molar-refractivity contribution in [2.75, 3.05) is 0 Å². The largest absolute Gasteiger partial charge is 0.0620 e. The van der Waals surface area contributed by atoms with E-state index in [1.54, 1.807) is 0 Å². The molecule has 2 rings (SSSR count). The fourth-order valence-electron chi connectivity index (χ4n) is 1.72. The molecule has 0 fully saturated rings. The molecule has 1 heteroatoms. The Morgan fingerprint density at radius 1 is 0.867 bits per heavy atom. The highest BCUT2D eigenvalue weighted by Gasteiger charge is 2.04. The van der Waals surface area contributed by atoms with Gasteiger partial charge in [0.05, 0.1) is 0 Å². The van der Waals surface area contributed by atoms with Crippen molar-refractivity contribution in [3.05, 3.63) is 57.2 Å². The highest BCUT2D eigenvalue weighted by molar-refractivity contribution is 14.1. The maximum atomic E-state index is 2.40. The summed E-state index contributed by atoms with van der Waals surface area (Å²) >= 11 is 2.40. The lowest BCUT2D eigenvalue weighted by Crippen LogP contribution is -1.87. The first-order chi connectivity index (χ1) is 7.18. The Hall–Kier alpha value is -0.830. The van der Waals surface area contributed by atoms with Crippen LogP contribution in [0.5, 0.6) is 0 Å². The smallest absolute Gasteiger partial charge is 0.0209 e. The van der Waals surface area contributed by atoms with E-state index in [-0.39, 0.29) is 0 Å². The van der Waals surface area contributed by atoms with Crippen LogP contribution in [-0.4, -0.2) is 0 Å². The molecular formula is C14H13I. The Labute approximate surface area is 104 Å². The highest BCUT2D eigenvalue weighted by Crippen LogP contribution is 2.28. The molecule has 0 heterocycles. The lowest BCUT2D eigenvalue weighted by Gasteiger charge is -2.08. The Morgan fingerprint density at radius 2 is 1.60 bits per heavy atom. The van der Waals surface area contributed by atoms with Gasteiger partial charge in [0.2, 0.25) is 0 Å². The minimum Gasteiger partial charge on any atom is -0.0620 e. The van der Waals surface area contributed by atoms with E-state index in [9.17, 15) is 0 Å². The van der Waals surface area contributed by atoms with Crippen LogP contribution >= 0.6 is 22.6 Å². The second-order valence-electron chi connectivity index (χ2n) is 3.80. The number of halogens is 1. The fourth-order valence-corrected chi connectivity index (χ4v) is 2.35. The third-order valence-corrected chi connectivity index (χ3v) is 3.50. The molecule has 0 unspecified atom stereocenters. The van der Waals surface area contributed by atoms with Crippen molar-refractivity contribution in [2.24, 2.45) is 0 Å². The Kier molecular flexibility index (Phi) is 3.10. The summed E-state index contributed by atoms with van der Waals surface area (Å²) in [5.41, 5.74) is 5.33. The van der Waals surface area contributed by atoms with E-state index in [0.29, 0.717) is 0 Å². The lowest BCUT2D eigenvalue weighted by molar-refractivity contribution is 1.41. The van der Waals surface area contributed by atoms with Crippen LogP contribution in [0.4, 0.5) is 0 Å². The van der Waals surface area contributed by atoms with E-state index in [1.807, 2.05) is 0 Å². The van der Waals surface area contributed by atoms with E-state index >= 15 is 0 Å². The van der Waals surface area contributed by atoms with Gasteiger partial charge in [-0.15, -0.1) is 0 Å². The SMILES string of the molecule is Cc1ccc(I)c(-c2ccccc2C)c1. The van der Waals surface area contributed by atoms with Crippen LogP contribution in [0.25, 0.3) is 11.1 Å². The first-order valence-corrected chi connectivity index (χ1v) is 6.08. The minimum absolute atomic E-state index is 1.31. The molecule has 0 nitrogen and oxygen atoms in total. The monoisotopic (exact) mass is 308 g/mol. The standard InChI is InChI=1S/C14H13I/c1-10-7-8-14(15)13(9-10)12-6-4-3-5-11(12)2/h3-9H,1-2H3. The van der Waals surface area contributed by atoms with Crippen molar-refractivity contribution in [3.8, 4) is 11.1 Å². The van der Waals surface area contributed by atoms with Crippen LogP contribution in [0.2, 0.25) is 0 Å². The van der Waals surface area contributed by atoms with Crippen LogP contribution in [0, 0.1) is 17.4 Å². The zero-order valence-corrected chi connectivity index (χ0v) is 11.1. The molecule has 0 aliphatic rings. The van der Waals surface area contributed by atoms with Crippen molar-refractivity contribution in [2.45, 2.75) is 13.8 Å². The van der Waals surface area contributed by atoms with Crippen LogP contribution in [-0.2, 0) is 0 Å². The van der Waals surface area contributed by atoms with Crippen molar-refractivity contribution >= 4 is 22.6 Å². The van der Waals surface area contributed by atoms with Crippen molar-refractivity contribution in [1.82, 2.24) is 0 Å². The summed E-state index contributed by atoms with van der Waals surface area (Å²) in [6.45, 7) is 4.30. The van der Waals surface area contributed by atoms with Gasteiger partial charge in [-0.05, 0) is 59.2 Å². The van der Waals surface area contributed by atoms with Crippen LogP contribution in [0.3, 0.4) is 0 Å². The Bertz CT molecular complexity index is 486. The number of hydrogen-bond donors (Lipinski definition) is 0. The number of hydrogen-bond acceptors (Lipinski definition) is 0. The third kappa shape index (κ3) is 2.23. The predicted octanol–water partition coefficient (Wildman–Crippen LogP) is 4.58. The van der Waals surface area contributed by atoms with Gasteiger partial charge in [0, 0.05) is 3.57 Å². The molecule has 0 aromatic heterocycles. The van der Waals surface area contributed by atoms with Gasteiger partial charge in [0.25, 0.3) is 0 Å². The Morgan fingerprint density at radius 3 is 2.33 bits per heavy atom. The molecule has 76 valence electrons. The maximum Gasteiger partial charge on any atom is 0.0209 e. The van der Waals surface area contributed by atoms with E-state index < -0.39 is 0 Å². The van der Waals surface area contributed by atoms with Gasteiger partial charge < -0.3 is 0 Å². The molecule has 2 aromatic rings. The van der Waals surface area contributed by atoms with Crippen molar-refractivity contribution < 1.29 is 0 Å². The fraction of sp³-hybridized carbons (Fsp3) is 0.143. The first-order valence-electron chi connectivity index (χ1n) is 5.00. The van der Waals surface area contributed by atoms with Crippen molar-refractivity contribution in [3.63, 3.8) is 0 Å². The van der Waals surface area contributed by atoms with Gasteiger partial charge in [0.15, 0.2) is 0 Å². The molecular weight excluding hydrogens is 295 g/mol. The molecule has 0 saturated carbocycles. The number of aryl methyl sites for hydroxylation is 2. The zero-order chi connectivity index (χ0) is 10.8. The van der Waals surface area contributed by atoms with Gasteiger partial charge in [0.1, 0.15) is 0 Å². The van der Waals surface area contributed by atoms with Crippen molar-refractivity contribution in [1.29, 1.82) is 0 Å². The average molecular weight is 308 g/mol. The van der Waals surface area contributed by atoms with E-state index in [0.717, 1.165) is 0 Å². The molecule has 2 aromatic carbocycles. The topological polar surface area (TPSA) is 0 Å². The molecule has 0 amide bonds. The zero-order valence-electron chi connectivity index (χ0n) is 8.92. The molecule has 0 aliphatic carbocycles. The average Bonchev–Trinajstić information content (AvgIpc) is 2.23. The Balaban J connectivity index is 2.64. The second kappa shape index (κ2) is 4.35.